The Morgan fingerprint density at radius 2 is 2.23 bits per heavy atom. The van der Waals surface area contributed by atoms with Crippen LogP contribution in [0, 0.1) is 16.0 Å². The summed E-state index contributed by atoms with van der Waals surface area (Å²) in [5.74, 6) is -2.64. The molecule has 2 atom stereocenters. The van der Waals surface area contributed by atoms with Crippen molar-refractivity contribution in [3.63, 3.8) is 0 Å². The van der Waals surface area contributed by atoms with Crippen LogP contribution in [0.5, 0.6) is 0 Å². The maximum Gasteiger partial charge on any atom is 0.330 e. The van der Waals surface area contributed by atoms with Crippen LogP contribution in [-0.4, -0.2) is 21.0 Å². The van der Waals surface area contributed by atoms with E-state index in [2.05, 4.69) is 0 Å². The highest BCUT2D eigenvalue weighted by atomic mass is 35.5. The van der Waals surface area contributed by atoms with Gasteiger partial charge in [0, 0.05) is 11.0 Å². The third kappa shape index (κ3) is 1.55. The lowest BCUT2D eigenvalue weighted by molar-refractivity contribution is -0.533. The number of carboxylic acid groups (broad SMARTS) is 1. The molecule has 0 radical (unpaired) electrons. The highest BCUT2D eigenvalue weighted by molar-refractivity contribution is 6.25. The predicted molar refractivity (Wildman–Crippen MR) is 45.0 cm³/mol. The van der Waals surface area contributed by atoms with Crippen LogP contribution in [0.25, 0.3) is 0 Å². The highest BCUT2D eigenvalue weighted by Gasteiger charge is 2.50. The molecule has 0 fully saturated rings. The molecule has 0 aromatic heterocycles. The largest absolute Gasteiger partial charge is 0.481 e. The smallest absolute Gasteiger partial charge is 0.330 e. The first-order chi connectivity index (χ1) is 5.98. The third-order valence-electron chi connectivity index (χ3n) is 1.73. The summed E-state index contributed by atoms with van der Waals surface area (Å²) in [7, 11) is 0. The SMILES string of the molecule is O=C(O)C1C=CC=CC1(Cl)[N+](=O)[O-]. The highest BCUT2D eigenvalue weighted by Crippen LogP contribution is 2.32. The molecule has 0 amide bonds. The van der Waals surface area contributed by atoms with Crippen LogP contribution in [0.15, 0.2) is 24.3 Å². The first-order valence-corrected chi connectivity index (χ1v) is 3.78. The summed E-state index contributed by atoms with van der Waals surface area (Å²) < 4.78 is 0. The van der Waals surface area contributed by atoms with E-state index in [9.17, 15) is 14.9 Å². The van der Waals surface area contributed by atoms with Crippen molar-refractivity contribution in [2.75, 3.05) is 0 Å². The minimum Gasteiger partial charge on any atom is -0.481 e. The number of carbonyl (C=O) groups is 1. The van der Waals surface area contributed by atoms with Crippen LogP contribution in [0.4, 0.5) is 0 Å². The normalized spacial score (nSPS) is 31.6. The zero-order valence-corrected chi connectivity index (χ0v) is 7.14. The van der Waals surface area contributed by atoms with Gasteiger partial charge in [-0.2, -0.15) is 0 Å². The van der Waals surface area contributed by atoms with E-state index in [4.69, 9.17) is 16.7 Å². The molecular weight excluding hydrogens is 198 g/mol. The standard InChI is InChI=1S/C7H6ClNO4/c8-7(9(12)13)4-2-1-3-5(7)6(10)11/h1-5H,(H,10,11). The molecule has 0 saturated heterocycles. The average Bonchev–Trinajstić information content (AvgIpc) is 2.04. The zero-order chi connectivity index (χ0) is 10.1. The fraction of sp³-hybridized carbons (Fsp3) is 0.286. The molecule has 6 heteroatoms. The Kier molecular flexibility index (Phi) is 2.38. The minimum absolute atomic E-state index is 0.812. The monoisotopic (exact) mass is 203 g/mol. The predicted octanol–water partition coefficient (Wildman–Crippen LogP) is 1.02. The van der Waals surface area contributed by atoms with Crippen LogP contribution >= 0.6 is 11.6 Å². The van der Waals surface area contributed by atoms with E-state index >= 15 is 0 Å². The molecule has 0 bridgehead atoms. The van der Waals surface area contributed by atoms with Gasteiger partial charge in [-0.05, 0) is 11.6 Å². The summed E-state index contributed by atoms with van der Waals surface area (Å²) in [5.41, 5.74) is 0. The summed E-state index contributed by atoms with van der Waals surface area (Å²) in [6.45, 7) is 0. The van der Waals surface area contributed by atoms with Crippen LogP contribution < -0.4 is 0 Å². The van der Waals surface area contributed by atoms with Gasteiger partial charge in [-0.25, -0.2) is 0 Å². The number of nitro groups is 1. The fourth-order valence-electron chi connectivity index (χ4n) is 1.03. The van der Waals surface area contributed by atoms with Crippen molar-refractivity contribution < 1.29 is 14.8 Å². The number of allylic oxidation sites excluding steroid dienone is 2. The van der Waals surface area contributed by atoms with Gasteiger partial charge < -0.3 is 5.11 Å². The topological polar surface area (TPSA) is 80.4 Å². The van der Waals surface area contributed by atoms with Crippen LogP contribution in [0.2, 0.25) is 0 Å². The Morgan fingerprint density at radius 1 is 1.62 bits per heavy atom. The first kappa shape index (κ1) is 9.73. The van der Waals surface area contributed by atoms with Gasteiger partial charge in [0.1, 0.15) is 0 Å². The van der Waals surface area contributed by atoms with Gasteiger partial charge in [-0.15, -0.1) is 0 Å². The van der Waals surface area contributed by atoms with E-state index < -0.39 is 21.8 Å². The van der Waals surface area contributed by atoms with E-state index in [1.165, 1.54) is 18.2 Å². The second kappa shape index (κ2) is 3.18. The van der Waals surface area contributed by atoms with E-state index in [-0.39, 0.29) is 0 Å². The van der Waals surface area contributed by atoms with Crippen molar-refractivity contribution in [3.8, 4) is 0 Å². The molecule has 1 N–H and O–H groups in total. The molecule has 1 rings (SSSR count). The molecular formula is C7H6ClNO4. The first-order valence-electron chi connectivity index (χ1n) is 3.40. The maximum absolute atomic E-state index is 10.6. The number of halogens is 1. The zero-order valence-electron chi connectivity index (χ0n) is 6.38. The van der Waals surface area contributed by atoms with Crippen molar-refractivity contribution in [2.45, 2.75) is 5.00 Å². The van der Waals surface area contributed by atoms with Crippen molar-refractivity contribution >= 4 is 17.6 Å². The molecule has 1 aliphatic carbocycles. The number of hydrogen-bond acceptors (Lipinski definition) is 3. The van der Waals surface area contributed by atoms with Crippen molar-refractivity contribution in [3.05, 3.63) is 34.4 Å². The van der Waals surface area contributed by atoms with Crippen LogP contribution in [0.3, 0.4) is 0 Å². The molecule has 13 heavy (non-hydrogen) atoms. The number of nitrogens with zero attached hydrogens (tertiary/aromatic N) is 1. The van der Waals surface area contributed by atoms with Gasteiger partial charge in [0.2, 0.25) is 0 Å². The van der Waals surface area contributed by atoms with Crippen molar-refractivity contribution in [2.24, 2.45) is 5.92 Å². The van der Waals surface area contributed by atoms with Crippen LogP contribution in [-0.2, 0) is 4.79 Å². The molecule has 0 saturated carbocycles. The van der Waals surface area contributed by atoms with Gasteiger partial charge >= 0.3 is 11.0 Å². The van der Waals surface area contributed by atoms with Crippen molar-refractivity contribution in [1.29, 1.82) is 0 Å². The molecule has 0 aliphatic heterocycles. The lowest BCUT2D eigenvalue weighted by Gasteiger charge is -2.20. The second-order valence-corrected chi connectivity index (χ2v) is 3.15. The number of alkyl halides is 1. The summed E-state index contributed by atoms with van der Waals surface area (Å²) in [4.78, 5) is 18.2. The molecule has 0 aromatic rings. The summed E-state index contributed by atoms with van der Waals surface area (Å²) in [6, 6.07) is 0. The Morgan fingerprint density at radius 3 is 2.62 bits per heavy atom. The lowest BCUT2D eigenvalue weighted by atomic mass is 9.95. The molecule has 1 aliphatic rings. The van der Waals surface area contributed by atoms with Crippen molar-refractivity contribution in [1.82, 2.24) is 0 Å². The van der Waals surface area contributed by atoms with E-state index in [0.29, 0.717) is 0 Å². The summed E-state index contributed by atoms with van der Waals surface area (Å²) >= 11 is 5.55. The second-order valence-electron chi connectivity index (χ2n) is 2.54. The maximum atomic E-state index is 10.6. The summed E-state index contributed by atoms with van der Waals surface area (Å²) in [6.07, 6.45) is 5.03. The Balaban J connectivity index is 3.07. The molecule has 5 nitrogen and oxygen atoms in total. The number of aliphatic carboxylic acids is 1. The van der Waals surface area contributed by atoms with Crippen LogP contribution in [0.1, 0.15) is 0 Å². The summed E-state index contributed by atoms with van der Waals surface area (Å²) in [5, 5.41) is 19.2. The number of hydrogen-bond donors (Lipinski definition) is 1. The fourth-order valence-corrected chi connectivity index (χ4v) is 1.27. The Hall–Kier alpha value is -1.36. The third-order valence-corrected chi connectivity index (χ3v) is 2.23. The number of rotatable bonds is 2. The molecule has 2 unspecified atom stereocenters. The molecule has 0 aromatic carbocycles. The number of carboxylic acids is 1. The van der Waals surface area contributed by atoms with Gasteiger partial charge in [0.05, 0.1) is 0 Å². The quantitative estimate of drug-likeness (QED) is 0.315. The Bertz CT molecular complexity index is 312. The molecule has 70 valence electrons. The van der Waals surface area contributed by atoms with E-state index in [0.717, 1.165) is 6.08 Å². The van der Waals surface area contributed by atoms with Gasteiger partial charge in [0.15, 0.2) is 5.92 Å². The molecule has 0 spiro atoms. The van der Waals surface area contributed by atoms with E-state index in [1.54, 1.807) is 0 Å². The minimum atomic E-state index is -2.05. The van der Waals surface area contributed by atoms with Gasteiger partial charge in [-0.3, -0.25) is 14.9 Å². The molecule has 0 heterocycles. The van der Waals surface area contributed by atoms with E-state index in [1.807, 2.05) is 0 Å². The average molecular weight is 204 g/mol. The van der Waals surface area contributed by atoms with Gasteiger partial charge in [0.25, 0.3) is 0 Å². The lowest BCUT2D eigenvalue weighted by Crippen LogP contribution is -2.42. The Labute approximate surface area is 78.5 Å². The van der Waals surface area contributed by atoms with Gasteiger partial charge in [-0.1, -0.05) is 18.2 Å².